The van der Waals surface area contributed by atoms with Gasteiger partial charge in [-0.15, -0.1) is 16.7 Å². The second kappa shape index (κ2) is 6.55. The van der Waals surface area contributed by atoms with E-state index in [1.807, 2.05) is 0 Å². The van der Waals surface area contributed by atoms with E-state index < -0.39 is 0 Å². The Morgan fingerprint density at radius 3 is 2.72 bits per heavy atom. The molecule has 0 atom stereocenters. The van der Waals surface area contributed by atoms with Crippen LogP contribution in [-0.2, 0) is 18.8 Å². The van der Waals surface area contributed by atoms with E-state index in [0.717, 1.165) is 24.6 Å². The summed E-state index contributed by atoms with van der Waals surface area (Å²) in [5.41, 5.74) is 2.24. The van der Waals surface area contributed by atoms with Gasteiger partial charge in [0.2, 0.25) is 0 Å². The van der Waals surface area contributed by atoms with Crippen LogP contribution in [0.2, 0.25) is 0 Å². The van der Waals surface area contributed by atoms with Crippen LogP contribution in [-0.4, -0.2) is 15.0 Å². The zero-order valence-corrected chi connectivity index (χ0v) is 12.3. The van der Waals surface area contributed by atoms with Crippen molar-refractivity contribution in [1.29, 1.82) is 0 Å². The zero-order valence-electron chi connectivity index (χ0n) is 11.5. The molecular weight excluding hydrogens is 246 g/mol. The Kier molecular flexibility index (Phi) is 5.04. The topological polar surface area (TPSA) is 30.7 Å². The minimum Gasteiger partial charge on any atom is -0.249 e. The number of aryl methyl sites for hydroxylation is 1. The van der Waals surface area contributed by atoms with Crippen molar-refractivity contribution in [3.8, 4) is 0 Å². The van der Waals surface area contributed by atoms with E-state index in [0.29, 0.717) is 11.8 Å². The Morgan fingerprint density at radius 1 is 1.39 bits per heavy atom. The van der Waals surface area contributed by atoms with Gasteiger partial charge in [-0.25, -0.2) is 4.68 Å². The maximum absolute atomic E-state index is 5.95. The Balaban J connectivity index is 1.96. The van der Waals surface area contributed by atoms with E-state index >= 15 is 0 Å². The summed E-state index contributed by atoms with van der Waals surface area (Å²) in [6.07, 6.45) is 7.70. The van der Waals surface area contributed by atoms with Crippen LogP contribution in [0.25, 0.3) is 0 Å². The van der Waals surface area contributed by atoms with Crippen LogP contribution in [0.3, 0.4) is 0 Å². The van der Waals surface area contributed by atoms with Gasteiger partial charge in [-0.2, -0.15) is 0 Å². The van der Waals surface area contributed by atoms with Crippen molar-refractivity contribution in [3.05, 3.63) is 11.4 Å². The third-order valence-corrected chi connectivity index (χ3v) is 4.23. The van der Waals surface area contributed by atoms with Crippen molar-refractivity contribution in [2.45, 2.75) is 64.8 Å². The Hall–Kier alpha value is -0.570. The van der Waals surface area contributed by atoms with E-state index in [9.17, 15) is 0 Å². The Bertz CT molecular complexity index is 369. The average molecular weight is 270 g/mol. The first-order valence-electron chi connectivity index (χ1n) is 7.18. The zero-order chi connectivity index (χ0) is 13.0. The molecule has 1 heterocycles. The summed E-state index contributed by atoms with van der Waals surface area (Å²) in [6, 6.07) is 0. The Morgan fingerprint density at radius 2 is 2.17 bits per heavy atom. The van der Waals surface area contributed by atoms with Gasteiger partial charge in [0.15, 0.2) is 0 Å². The van der Waals surface area contributed by atoms with Gasteiger partial charge < -0.3 is 0 Å². The number of hydrogen-bond acceptors (Lipinski definition) is 2. The van der Waals surface area contributed by atoms with Crippen molar-refractivity contribution >= 4 is 11.6 Å². The van der Waals surface area contributed by atoms with Crippen LogP contribution in [0, 0.1) is 11.8 Å². The van der Waals surface area contributed by atoms with E-state index in [2.05, 4.69) is 28.8 Å². The molecule has 0 bridgehead atoms. The molecule has 0 amide bonds. The molecule has 102 valence electrons. The highest BCUT2D eigenvalue weighted by Crippen LogP contribution is 2.30. The lowest BCUT2D eigenvalue weighted by atomic mass is 9.83. The summed E-state index contributed by atoms with van der Waals surface area (Å²) in [7, 11) is 0. The summed E-state index contributed by atoms with van der Waals surface area (Å²) in [4.78, 5) is 0. The fraction of sp³-hybridized carbons (Fsp3) is 0.857. The molecule has 1 saturated carbocycles. The second-order valence-corrected chi connectivity index (χ2v) is 6.12. The molecule has 0 aromatic carbocycles. The van der Waals surface area contributed by atoms with Gasteiger partial charge in [-0.3, -0.25) is 0 Å². The average Bonchev–Trinajstić information content (AvgIpc) is 2.66. The molecule has 0 unspecified atom stereocenters. The van der Waals surface area contributed by atoms with Gasteiger partial charge in [0.05, 0.1) is 11.6 Å². The minimum absolute atomic E-state index is 0.483. The lowest BCUT2D eigenvalue weighted by Crippen LogP contribution is -2.16. The number of alkyl halides is 1. The van der Waals surface area contributed by atoms with Crippen molar-refractivity contribution in [1.82, 2.24) is 15.0 Å². The number of rotatable bonds is 7. The van der Waals surface area contributed by atoms with E-state index in [1.54, 1.807) is 0 Å². The molecule has 0 saturated heterocycles. The van der Waals surface area contributed by atoms with Gasteiger partial charge in [0, 0.05) is 6.54 Å². The minimum atomic E-state index is 0.483. The fourth-order valence-electron chi connectivity index (χ4n) is 2.44. The molecule has 1 aliphatic carbocycles. The lowest BCUT2D eigenvalue weighted by Gasteiger charge is -2.25. The summed E-state index contributed by atoms with van der Waals surface area (Å²) >= 11 is 5.95. The third kappa shape index (κ3) is 3.47. The largest absolute Gasteiger partial charge is 0.249 e. The molecule has 1 fully saturated rings. The quantitative estimate of drug-likeness (QED) is 0.705. The van der Waals surface area contributed by atoms with Crippen LogP contribution in [0.15, 0.2) is 0 Å². The molecule has 1 aliphatic rings. The van der Waals surface area contributed by atoms with Crippen molar-refractivity contribution < 1.29 is 0 Å². The molecule has 0 N–H and O–H groups in total. The smallest absolute Gasteiger partial charge is 0.101 e. The summed E-state index contributed by atoms with van der Waals surface area (Å²) in [5, 5.41) is 8.49. The van der Waals surface area contributed by atoms with Gasteiger partial charge in [0.25, 0.3) is 0 Å². The van der Waals surface area contributed by atoms with Gasteiger partial charge in [-0.1, -0.05) is 38.3 Å². The van der Waals surface area contributed by atoms with Crippen molar-refractivity contribution in [3.63, 3.8) is 0 Å². The predicted molar refractivity (Wildman–Crippen MR) is 74.7 cm³/mol. The molecule has 4 heteroatoms. The fourth-order valence-corrected chi connectivity index (χ4v) is 2.64. The van der Waals surface area contributed by atoms with Crippen LogP contribution < -0.4 is 0 Å². The number of aromatic nitrogens is 3. The lowest BCUT2D eigenvalue weighted by molar-refractivity contribution is 0.275. The normalized spacial score (nSPS) is 16.2. The highest BCUT2D eigenvalue weighted by Gasteiger charge is 2.19. The molecular formula is C14H24ClN3. The first-order valence-corrected chi connectivity index (χ1v) is 7.71. The molecule has 18 heavy (non-hydrogen) atoms. The van der Waals surface area contributed by atoms with Crippen molar-refractivity contribution in [2.24, 2.45) is 11.8 Å². The molecule has 1 aromatic heterocycles. The van der Waals surface area contributed by atoms with Crippen LogP contribution in [0.5, 0.6) is 0 Å². The maximum Gasteiger partial charge on any atom is 0.101 e. The van der Waals surface area contributed by atoms with E-state index in [-0.39, 0.29) is 0 Å². The molecule has 0 radical (unpaired) electrons. The first-order chi connectivity index (χ1) is 8.70. The molecule has 0 spiro atoms. The third-order valence-electron chi connectivity index (χ3n) is 3.98. The highest BCUT2D eigenvalue weighted by atomic mass is 35.5. The number of hydrogen-bond donors (Lipinski definition) is 0. The standard InChI is InChI=1S/C14H24ClN3/c1-11(2)6-7-14-13(10-15)16-17-18(14)9-8-12-4-3-5-12/h11-12H,3-10H2,1-2H3. The van der Waals surface area contributed by atoms with E-state index in [4.69, 9.17) is 11.6 Å². The summed E-state index contributed by atoms with van der Waals surface area (Å²) < 4.78 is 2.10. The molecule has 2 rings (SSSR count). The van der Waals surface area contributed by atoms with Crippen LogP contribution in [0.4, 0.5) is 0 Å². The van der Waals surface area contributed by atoms with Gasteiger partial charge >= 0.3 is 0 Å². The summed E-state index contributed by atoms with van der Waals surface area (Å²) in [5.74, 6) is 2.12. The first kappa shape index (κ1) is 13.9. The number of halogens is 1. The summed E-state index contributed by atoms with van der Waals surface area (Å²) in [6.45, 7) is 5.52. The second-order valence-electron chi connectivity index (χ2n) is 5.86. The molecule has 3 nitrogen and oxygen atoms in total. The highest BCUT2D eigenvalue weighted by molar-refractivity contribution is 6.16. The van der Waals surface area contributed by atoms with Crippen LogP contribution in [0.1, 0.15) is 57.3 Å². The number of nitrogens with zero attached hydrogens (tertiary/aromatic N) is 3. The van der Waals surface area contributed by atoms with Crippen molar-refractivity contribution in [2.75, 3.05) is 0 Å². The SMILES string of the molecule is CC(C)CCc1c(CCl)nnn1CCC1CCC1. The maximum atomic E-state index is 5.95. The van der Waals surface area contributed by atoms with Gasteiger partial charge in [0.1, 0.15) is 5.69 Å². The van der Waals surface area contributed by atoms with Gasteiger partial charge in [-0.05, 0) is 31.1 Å². The Labute approximate surface area is 115 Å². The molecule has 0 aliphatic heterocycles. The molecule has 1 aromatic rings. The van der Waals surface area contributed by atoms with Crippen LogP contribution >= 0.6 is 11.6 Å². The predicted octanol–water partition coefficient (Wildman–Crippen LogP) is 3.80. The van der Waals surface area contributed by atoms with E-state index in [1.165, 1.54) is 37.8 Å². The monoisotopic (exact) mass is 269 g/mol.